The van der Waals surface area contributed by atoms with Gasteiger partial charge in [-0.1, -0.05) is 13.0 Å². The van der Waals surface area contributed by atoms with E-state index in [1.807, 2.05) is 24.3 Å². The van der Waals surface area contributed by atoms with Crippen molar-refractivity contribution in [2.75, 3.05) is 23.5 Å². The zero-order chi connectivity index (χ0) is 15.2. The standard InChI is InChI=1S/C15H21N5O/c1-4-10(2)19-14-13(16)15(18-9-17-14)20-11-6-5-7-12(8-11)21-3/h5-10H,4,16H2,1-3H3,(H2,17,18,19,20). The number of nitrogens with two attached hydrogens (primary N) is 1. The smallest absolute Gasteiger partial charge is 0.159 e. The van der Waals surface area contributed by atoms with E-state index in [9.17, 15) is 0 Å². The Labute approximate surface area is 124 Å². The lowest BCUT2D eigenvalue weighted by molar-refractivity contribution is 0.415. The molecular formula is C15H21N5O. The summed E-state index contributed by atoms with van der Waals surface area (Å²) in [5.41, 5.74) is 7.48. The molecule has 1 heterocycles. The highest BCUT2D eigenvalue weighted by atomic mass is 16.5. The van der Waals surface area contributed by atoms with Gasteiger partial charge in [0.05, 0.1) is 7.11 Å². The van der Waals surface area contributed by atoms with Crippen LogP contribution >= 0.6 is 0 Å². The largest absolute Gasteiger partial charge is 0.497 e. The first kappa shape index (κ1) is 14.9. The van der Waals surface area contributed by atoms with Crippen LogP contribution in [0.5, 0.6) is 5.75 Å². The van der Waals surface area contributed by atoms with Gasteiger partial charge < -0.3 is 21.1 Å². The van der Waals surface area contributed by atoms with Gasteiger partial charge in [0.15, 0.2) is 11.6 Å². The number of benzene rings is 1. The van der Waals surface area contributed by atoms with Crippen molar-refractivity contribution in [1.29, 1.82) is 0 Å². The zero-order valence-corrected chi connectivity index (χ0v) is 12.6. The average molecular weight is 287 g/mol. The van der Waals surface area contributed by atoms with E-state index in [4.69, 9.17) is 10.5 Å². The van der Waals surface area contributed by atoms with Crippen molar-refractivity contribution in [2.45, 2.75) is 26.3 Å². The molecule has 0 bridgehead atoms. The van der Waals surface area contributed by atoms with Crippen molar-refractivity contribution >= 4 is 23.0 Å². The highest BCUT2D eigenvalue weighted by Gasteiger charge is 2.10. The summed E-state index contributed by atoms with van der Waals surface area (Å²) in [6, 6.07) is 7.88. The molecule has 0 saturated carbocycles. The van der Waals surface area contributed by atoms with Gasteiger partial charge in [-0.15, -0.1) is 0 Å². The second-order valence-corrected chi connectivity index (χ2v) is 4.80. The van der Waals surface area contributed by atoms with Crippen molar-refractivity contribution in [3.63, 3.8) is 0 Å². The van der Waals surface area contributed by atoms with Crippen LogP contribution in [0.15, 0.2) is 30.6 Å². The first-order chi connectivity index (χ1) is 10.1. The van der Waals surface area contributed by atoms with E-state index < -0.39 is 0 Å². The van der Waals surface area contributed by atoms with E-state index in [2.05, 4.69) is 34.4 Å². The predicted molar refractivity (Wildman–Crippen MR) is 86.1 cm³/mol. The van der Waals surface area contributed by atoms with Crippen LogP contribution in [0, 0.1) is 0 Å². The highest BCUT2D eigenvalue weighted by Crippen LogP contribution is 2.27. The van der Waals surface area contributed by atoms with E-state index in [1.165, 1.54) is 6.33 Å². The maximum atomic E-state index is 6.12. The molecule has 0 radical (unpaired) electrons. The average Bonchev–Trinajstić information content (AvgIpc) is 2.51. The van der Waals surface area contributed by atoms with E-state index in [-0.39, 0.29) is 0 Å². The molecule has 1 atom stereocenters. The van der Waals surface area contributed by atoms with Gasteiger partial charge in [-0.05, 0) is 25.5 Å². The number of ether oxygens (including phenoxy) is 1. The molecule has 0 aliphatic carbocycles. The summed E-state index contributed by atoms with van der Waals surface area (Å²) in [7, 11) is 1.63. The summed E-state index contributed by atoms with van der Waals surface area (Å²) in [5, 5.41) is 6.45. The van der Waals surface area contributed by atoms with Crippen LogP contribution < -0.4 is 21.1 Å². The van der Waals surface area contributed by atoms with Gasteiger partial charge in [-0.25, -0.2) is 9.97 Å². The zero-order valence-electron chi connectivity index (χ0n) is 12.6. The third-order valence-electron chi connectivity index (χ3n) is 3.21. The molecule has 2 rings (SSSR count). The molecule has 21 heavy (non-hydrogen) atoms. The summed E-state index contributed by atoms with van der Waals surface area (Å²) >= 11 is 0. The Kier molecular flexibility index (Phi) is 4.81. The fourth-order valence-corrected chi connectivity index (χ4v) is 1.78. The summed E-state index contributed by atoms with van der Waals surface area (Å²) in [6.45, 7) is 4.18. The molecular weight excluding hydrogens is 266 g/mol. The number of anilines is 4. The Hall–Kier alpha value is -2.50. The number of aromatic nitrogens is 2. The number of nitrogens with zero attached hydrogens (tertiary/aromatic N) is 2. The van der Waals surface area contributed by atoms with E-state index in [1.54, 1.807) is 7.11 Å². The second-order valence-electron chi connectivity index (χ2n) is 4.80. The Bertz CT molecular complexity index is 602. The van der Waals surface area contributed by atoms with Crippen LogP contribution in [0.1, 0.15) is 20.3 Å². The molecule has 4 N–H and O–H groups in total. The van der Waals surface area contributed by atoms with Gasteiger partial charge in [0.25, 0.3) is 0 Å². The molecule has 1 unspecified atom stereocenters. The van der Waals surface area contributed by atoms with Crippen molar-refractivity contribution in [3.8, 4) is 5.75 Å². The second kappa shape index (κ2) is 6.78. The Balaban J connectivity index is 2.21. The minimum absolute atomic E-state index is 0.298. The first-order valence-corrected chi connectivity index (χ1v) is 6.92. The van der Waals surface area contributed by atoms with Gasteiger partial charge >= 0.3 is 0 Å². The summed E-state index contributed by atoms with van der Waals surface area (Å²) < 4.78 is 5.20. The van der Waals surface area contributed by atoms with Gasteiger partial charge in [0.2, 0.25) is 0 Å². The summed E-state index contributed by atoms with van der Waals surface area (Å²) in [6.07, 6.45) is 2.48. The van der Waals surface area contributed by atoms with Crippen molar-refractivity contribution in [2.24, 2.45) is 0 Å². The molecule has 1 aromatic carbocycles. The molecule has 2 aromatic rings. The number of methoxy groups -OCH3 is 1. The van der Waals surface area contributed by atoms with Gasteiger partial charge in [-0.3, -0.25) is 0 Å². The molecule has 0 aliphatic rings. The van der Waals surface area contributed by atoms with Crippen LogP contribution in [-0.4, -0.2) is 23.1 Å². The number of hydrogen-bond acceptors (Lipinski definition) is 6. The third-order valence-corrected chi connectivity index (χ3v) is 3.21. The summed E-state index contributed by atoms with van der Waals surface area (Å²) in [4.78, 5) is 8.39. The summed E-state index contributed by atoms with van der Waals surface area (Å²) in [5.74, 6) is 1.99. The van der Waals surface area contributed by atoms with E-state index >= 15 is 0 Å². The molecule has 0 amide bonds. The molecule has 112 valence electrons. The highest BCUT2D eigenvalue weighted by molar-refractivity contribution is 5.77. The Morgan fingerprint density at radius 1 is 1.29 bits per heavy atom. The number of hydrogen-bond donors (Lipinski definition) is 3. The molecule has 0 saturated heterocycles. The lowest BCUT2D eigenvalue weighted by Gasteiger charge is -2.16. The van der Waals surface area contributed by atoms with Crippen LogP contribution in [0.25, 0.3) is 0 Å². The molecule has 0 aliphatic heterocycles. The SMILES string of the molecule is CCC(C)Nc1ncnc(Nc2cccc(OC)c2)c1N. The maximum absolute atomic E-state index is 6.12. The maximum Gasteiger partial charge on any atom is 0.159 e. The molecule has 1 aromatic heterocycles. The molecule has 6 nitrogen and oxygen atoms in total. The first-order valence-electron chi connectivity index (χ1n) is 6.92. The van der Waals surface area contributed by atoms with Crippen LogP contribution in [0.4, 0.5) is 23.0 Å². The van der Waals surface area contributed by atoms with Crippen LogP contribution in [0.3, 0.4) is 0 Å². The van der Waals surface area contributed by atoms with Gasteiger partial charge in [0.1, 0.15) is 17.8 Å². The molecule has 6 heteroatoms. The van der Waals surface area contributed by atoms with Gasteiger partial charge in [-0.2, -0.15) is 0 Å². The lowest BCUT2D eigenvalue weighted by Crippen LogP contribution is -2.16. The number of rotatable bonds is 6. The van der Waals surface area contributed by atoms with Crippen LogP contribution in [-0.2, 0) is 0 Å². The molecule has 0 fully saturated rings. The number of nitrogens with one attached hydrogen (secondary N) is 2. The van der Waals surface area contributed by atoms with Crippen molar-refractivity contribution in [3.05, 3.63) is 30.6 Å². The topological polar surface area (TPSA) is 85.1 Å². The Morgan fingerprint density at radius 2 is 2.05 bits per heavy atom. The third kappa shape index (κ3) is 3.75. The van der Waals surface area contributed by atoms with Gasteiger partial charge in [0, 0.05) is 17.8 Å². The quantitative estimate of drug-likeness (QED) is 0.757. The molecule has 0 spiro atoms. The monoisotopic (exact) mass is 287 g/mol. The fourth-order valence-electron chi connectivity index (χ4n) is 1.78. The fraction of sp³-hybridized carbons (Fsp3) is 0.333. The lowest BCUT2D eigenvalue weighted by atomic mass is 10.2. The van der Waals surface area contributed by atoms with Crippen LogP contribution in [0.2, 0.25) is 0 Å². The Morgan fingerprint density at radius 3 is 2.76 bits per heavy atom. The predicted octanol–water partition coefficient (Wildman–Crippen LogP) is 3.02. The van der Waals surface area contributed by atoms with E-state index in [0.29, 0.717) is 23.4 Å². The van der Waals surface area contributed by atoms with Crippen molar-refractivity contribution in [1.82, 2.24) is 9.97 Å². The number of nitrogen functional groups attached to an aromatic ring is 1. The van der Waals surface area contributed by atoms with Crippen molar-refractivity contribution < 1.29 is 4.74 Å². The minimum Gasteiger partial charge on any atom is -0.497 e. The normalized spacial score (nSPS) is 11.8. The minimum atomic E-state index is 0.298. The van der Waals surface area contributed by atoms with E-state index in [0.717, 1.165) is 17.9 Å².